The molecule has 2 atom stereocenters. The largest absolute Gasteiger partial charge is 0.382 e. The molecule has 0 amide bonds. The molecule has 0 bridgehead atoms. The Morgan fingerprint density at radius 1 is 1.38 bits per heavy atom. The zero-order valence-electron chi connectivity index (χ0n) is 10.5. The van der Waals surface area contributed by atoms with Gasteiger partial charge in [0.2, 0.25) is 0 Å². The Bertz CT molecular complexity index is 390. The molecule has 0 saturated heterocycles. The molecule has 1 rings (SSSR count). The number of hydrogen-bond donors (Lipinski definition) is 1. The quantitative estimate of drug-likeness (QED) is 0.832. The summed E-state index contributed by atoms with van der Waals surface area (Å²) in [5.74, 6) is 0.630. The number of hydrogen-bond acceptors (Lipinski definition) is 2. The fourth-order valence-corrected chi connectivity index (χ4v) is 1.59. The van der Waals surface area contributed by atoms with Crippen LogP contribution in [-0.4, -0.2) is 6.04 Å². The molecule has 86 valence electrons. The predicted molar refractivity (Wildman–Crippen MR) is 68.4 cm³/mol. The predicted octanol–water partition coefficient (Wildman–Crippen LogP) is 3.71. The molecule has 0 aliphatic carbocycles. The maximum atomic E-state index is 8.86. The van der Waals surface area contributed by atoms with E-state index >= 15 is 0 Å². The van der Waals surface area contributed by atoms with Crippen molar-refractivity contribution in [3.05, 3.63) is 29.3 Å². The van der Waals surface area contributed by atoms with Gasteiger partial charge in [-0.1, -0.05) is 26.3 Å². The number of nitrogens with one attached hydrogen (secondary N) is 1. The van der Waals surface area contributed by atoms with Crippen LogP contribution < -0.4 is 5.32 Å². The minimum absolute atomic E-state index is 0.428. The molecule has 2 unspecified atom stereocenters. The second kappa shape index (κ2) is 5.55. The van der Waals surface area contributed by atoms with Gasteiger partial charge in [0.05, 0.1) is 11.6 Å². The lowest BCUT2D eigenvalue weighted by atomic mass is 10.00. The Labute approximate surface area is 98.3 Å². The Morgan fingerprint density at radius 3 is 2.62 bits per heavy atom. The minimum atomic E-state index is 0.428. The average molecular weight is 216 g/mol. The van der Waals surface area contributed by atoms with E-state index in [1.165, 1.54) is 5.56 Å². The van der Waals surface area contributed by atoms with Crippen LogP contribution >= 0.6 is 0 Å². The highest BCUT2D eigenvalue weighted by Gasteiger charge is 2.11. The standard InChI is InChI=1S/C14H20N2/c1-5-10(2)12(4)16-14-8-13(9-15)7-6-11(14)3/h6-8,10,12,16H,5H2,1-4H3. The van der Waals surface area contributed by atoms with Gasteiger partial charge in [0.1, 0.15) is 0 Å². The summed E-state index contributed by atoms with van der Waals surface area (Å²) >= 11 is 0. The first-order chi connectivity index (χ1) is 7.58. The Morgan fingerprint density at radius 2 is 2.06 bits per heavy atom. The highest BCUT2D eigenvalue weighted by atomic mass is 14.9. The van der Waals surface area contributed by atoms with Gasteiger partial charge in [-0.25, -0.2) is 0 Å². The fraction of sp³-hybridized carbons (Fsp3) is 0.500. The van der Waals surface area contributed by atoms with Crippen molar-refractivity contribution >= 4 is 5.69 Å². The molecule has 1 aromatic carbocycles. The van der Waals surface area contributed by atoms with Gasteiger partial charge < -0.3 is 5.32 Å². The average Bonchev–Trinajstić information content (AvgIpc) is 2.30. The summed E-state index contributed by atoms with van der Waals surface area (Å²) in [6.07, 6.45) is 1.16. The first-order valence-electron chi connectivity index (χ1n) is 5.85. The lowest BCUT2D eigenvalue weighted by Gasteiger charge is -2.22. The van der Waals surface area contributed by atoms with Crippen LogP contribution in [0.25, 0.3) is 0 Å². The number of benzene rings is 1. The summed E-state index contributed by atoms with van der Waals surface area (Å²) in [5, 5.41) is 12.3. The third-order valence-corrected chi connectivity index (χ3v) is 3.25. The topological polar surface area (TPSA) is 35.8 Å². The molecule has 0 saturated carbocycles. The van der Waals surface area contributed by atoms with Crippen LogP contribution in [0.15, 0.2) is 18.2 Å². The minimum Gasteiger partial charge on any atom is -0.382 e. The molecule has 16 heavy (non-hydrogen) atoms. The van der Waals surface area contributed by atoms with Gasteiger partial charge in [0, 0.05) is 11.7 Å². The van der Waals surface area contributed by atoms with Crippen LogP contribution in [-0.2, 0) is 0 Å². The zero-order chi connectivity index (χ0) is 12.1. The van der Waals surface area contributed by atoms with E-state index in [1.807, 2.05) is 18.2 Å². The molecule has 0 heterocycles. The molecule has 0 radical (unpaired) electrons. The number of nitrogens with zero attached hydrogens (tertiary/aromatic N) is 1. The van der Waals surface area contributed by atoms with Crippen molar-refractivity contribution in [3.63, 3.8) is 0 Å². The van der Waals surface area contributed by atoms with E-state index in [9.17, 15) is 0 Å². The third kappa shape index (κ3) is 3.00. The summed E-state index contributed by atoms with van der Waals surface area (Å²) in [5.41, 5.74) is 2.98. The van der Waals surface area contributed by atoms with Crippen molar-refractivity contribution in [3.8, 4) is 6.07 Å². The van der Waals surface area contributed by atoms with Crippen LogP contribution in [0.3, 0.4) is 0 Å². The number of aryl methyl sites for hydroxylation is 1. The molecule has 0 aromatic heterocycles. The second-order valence-corrected chi connectivity index (χ2v) is 4.46. The monoisotopic (exact) mass is 216 g/mol. The van der Waals surface area contributed by atoms with Gasteiger partial charge in [-0.3, -0.25) is 0 Å². The normalized spacial score (nSPS) is 13.9. The summed E-state index contributed by atoms with van der Waals surface area (Å²) in [7, 11) is 0. The lowest BCUT2D eigenvalue weighted by Crippen LogP contribution is -2.23. The van der Waals surface area contributed by atoms with Crippen molar-refractivity contribution in [1.29, 1.82) is 5.26 Å². The van der Waals surface area contributed by atoms with Crippen molar-refractivity contribution < 1.29 is 0 Å². The third-order valence-electron chi connectivity index (χ3n) is 3.25. The highest BCUT2D eigenvalue weighted by Crippen LogP contribution is 2.20. The van der Waals surface area contributed by atoms with E-state index in [-0.39, 0.29) is 0 Å². The van der Waals surface area contributed by atoms with Gasteiger partial charge in [-0.2, -0.15) is 5.26 Å². The SMILES string of the molecule is CCC(C)C(C)Nc1cc(C#N)ccc1C. The first-order valence-corrected chi connectivity index (χ1v) is 5.85. The summed E-state index contributed by atoms with van der Waals surface area (Å²) in [6.45, 7) is 8.68. The number of anilines is 1. The molecular weight excluding hydrogens is 196 g/mol. The number of rotatable bonds is 4. The van der Waals surface area contributed by atoms with E-state index in [1.54, 1.807) is 0 Å². The van der Waals surface area contributed by atoms with E-state index in [4.69, 9.17) is 5.26 Å². The van der Waals surface area contributed by atoms with Crippen LogP contribution in [0, 0.1) is 24.2 Å². The van der Waals surface area contributed by atoms with Gasteiger partial charge in [0.15, 0.2) is 0 Å². The van der Waals surface area contributed by atoms with E-state index in [2.05, 4.69) is 39.1 Å². The Kier molecular flexibility index (Phi) is 4.37. The Balaban J connectivity index is 2.84. The fourth-order valence-electron chi connectivity index (χ4n) is 1.59. The van der Waals surface area contributed by atoms with Gasteiger partial charge in [0.25, 0.3) is 0 Å². The van der Waals surface area contributed by atoms with Crippen molar-refractivity contribution in [2.45, 2.75) is 40.2 Å². The molecule has 0 aliphatic rings. The molecule has 2 heteroatoms. The Hall–Kier alpha value is -1.49. The molecule has 1 N–H and O–H groups in total. The van der Waals surface area contributed by atoms with Crippen LogP contribution in [0.2, 0.25) is 0 Å². The second-order valence-electron chi connectivity index (χ2n) is 4.46. The molecule has 0 spiro atoms. The van der Waals surface area contributed by atoms with Crippen LogP contribution in [0.1, 0.15) is 38.3 Å². The highest BCUT2D eigenvalue weighted by molar-refractivity contribution is 5.55. The van der Waals surface area contributed by atoms with E-state index in [0.717, 1.165) is 12.1 Å². The number of nitriles is 1. The molecule has 0 fully saturated rings. The molecule has 1 aromatic rings. The van der Waals surface area contributed by atoms with E-state index < -0.39 is 0 Å². The van der Waals surface area contributed by atoms with Crippen molar-refractivity contribution in [2.75, 3.05) is 5.32 Å². The van der Waals surface area contributed by atoms with E-state index in [0.29, 0.717) is 17.5 Å². The summed E-state index contributed by atoms with van der Waals surface area (Å²) in [4.78, 5) is 0. The van der Waals surface area contributed by atoms with Crippen LogP contribution in [0.5, 0.6) is 0 Å². The van der Waals surface area contributed by atoms with Crippen molar-refractivity contribution in [2.24, 2.45) is 5.92 Å². The molecule has 2 nitrogen and oxygen atoms in total. The summed E-state index contributed by atoms with van der Waals surface area (Å²) in [6, 6.07) is 8.37. The summed E-state index contributed by atoms with van der Waals surface area (Å²) < 4.78 is 0. The van der Waals surface area contributed by atoms with Gasteiger partial charge in [-0.15, -0.1) is 0 Å². The zero-order valence-corrected chi connectivity index (χ0v) is 10.5. The lowest BCUT2D eigenvalue weighted by molar-refractivity contribution is 0.494. The van der Waals surface area contributed by atoms with Crippen molar-refractivity contribution in [1.82, 2.24) is 0 Å². The van der Waals surface area contributed by atoms with Gasteiger partial charge in [-0.05, 0) is 37.5 Å². The smallest absolute Gasteiger partial charge is 0.0992 e. The maximum Gasteiger partial charge on any atom is 0.0992 e. The maximum absolute atomic E-state index is 8.86. The van der Waals surface area contributed by atoms with Gasteiger partial charge >= 0.3 is 0 Å². The molecular formula is C14H20N2. The first kappa shape index (κ1) is 12.6. The van der Waals surface area contributed by atoms with Crippen LogP contribution in [0.4, 0.5) is 5.69 Å². The molecule has 0 aliphatic heterocycles.